The molecule has 2 atom stereocenters. The molecule has 0 saturated carbocycles. The third kappa shape index (κ3) is 3.64. The zero-order chi connectivity index (χ0) is 12.0. The molecule has 88 valence electrons. The first-order valence-corrected chi connectivity index (χ1v) is 5.29. The Morgan fingerprint density at radius 3 is 2.62 bits per heavy atom. The first-order valence-electron chi connectivity index (χ1n) is 5.29. The van der Waals surface area contributed by atoms with E-state index in [-0.39, 0.29) is 6.61 Å². The second-order valence-corrected chi connectivity index (χ2v) is 3.55. The Bertz CT molecular complexity index is 326. The lowest BCUT2D eigenvalue weighted by atomic mass is 10.0. The lowest BCUT2D eigenvalue weighted by molar-refractivity contribution is -0.154. The highest BCUT2D eigenvalue weighted by Gasteiger charge is 2.24. The highest BCUT2D eigenvalue weighted by molar-refractivity contribution is 5.75. The maximum Gasteiger partial charge on any atom is 0.336 e. The number of carbonyl (C=O) groups is 1. The Morgan fingerprint density at radius 1 is 1.44 bits per heavy atom. The zero-order valence-corrected chi connectivity index (χ0v) is 9.30. The molecule has 0 spiro atoms. The molecule has 16 heavy (non-hydrogen) atoms. The molecule has 0 unspecified atom stereocenters. The van der Waals surface area contributed by atoms with Gasteiger partial charge >= 0.3 is 5.97 Å². The van der Waals surface area contributed by atoms with E-state index in [0.717, 1.165) is 5.56 Å². The Morgan fingerprint density at radius 2 is 2.06 bits per heavy atom. The predicted molar refractivity (Wildman–Crippen MR) is 60.8 cm³/mol. The van der Waals surface area contributed by atoms with Crippen molar-refractivity contribution >= 4 is 5.97 Å². The molecule has 0 heterocycles. The molecular formula is C12H17NO3. The summed E-state index contributed by atoms with van der Waals surface area (Å²) in [6, 6.07) is 8.84. The number of hydrogen-bond donors (Lipinski definition) is 2. The third-order valence-corrected chi connectivity index (χ3v) is 2.25. The van der Waals surface area contributed by atoms with Crippen molar-refractivity contribution in [2.75, 3.05) is 6.61 Å². The van der Waals surface area contributed by atoms with Crippen LogP contribution in [0.4, 0.5) is 0 Å². The lowest BCUT2D eigenvalue weighted by Gasteiger charge is -2.17. The molecule has 3 N–H and O–H groups in total. The average Bonchev–Trinajstić information content (AvgIpc) is 2.29. The van der Waals surface area contributed by atoms with Crippen molar-refractivity contribution in [3.63, 3.8) is 0 Å². The molecule has 4 nitrogen and oxygen atoms in total. The van der Waals surface area contributed by atoms with E-state index in [2.05, 4.69) is 0 Å². The van der Waals surface area contributed by atoms with Crippen molar-refractivity contribution in [1.82, 2.24) is 0 Å². The SMILES string of the molecule is CCOC(=O)[C@@H](O)[C@@H](N)Cc1ccccc1. The number of ether oxygens (including phenoxy) is 1. The van der Waals surface area contributed by atoms with E-state index >= 15 is 0 Å². The number of nitrogens with two attached hydrogens (primary N) is 1. The van der Waals surface area contributed by atoms with Crippen molar-refractivity contribution in [2.45, 2.75) is 25.5 Å². The fraction of sp³-hybridized carbons (Fsp3) is 0.417. The predicted octanol–water partition coefficient (Wildman–Crippen LogP) is 0.480. The second kappa shape index (κ2) is 6.25. The van der Waals surface area contributed by atoms with Crippen LogP contribution in [0.2, 0.25) is 0 Å². The molecule has 1 aromatic rings. The normalized spacial score (nSPS) is 14.2. The van der Waals surface area contributed by atoms with Crippen molar-refractivity contribution in [3.8, 4) is 0 Å². The van der Waals surface area contributed by atoms with E-state index in [4.69, 9.17) is 10.5 Å². The molecule has 0 aliphatic rings. The van der Waals surface area contributed by atoms with Crippen LogP contribution in [0.25, 0.3) is 0 Å². The quantitative estimate of drug-likeness (QED) is 0.712. The molecule has 0 bridgehead atoms. The Kier molecular flexibility index (Phi) is 4.95. The van der Waals surface area contributed by atoms with Crippen LogP contribution in [0.5, 0.6) is 0 Å². The lowest BCUT2D eigenvalue weighted by Crippen LogP contribution is -2.42. The molecule has 0 aliphatic heterocycles. The van der Waals surface area contributed by atoms with E-state index in [0.29, 0.717) is 6.42 Å². The van der Waals surface area contributed by atoms with Gasteiger partial charge in [-0.05, 0) is 18.9 Å². The molecule has 0 aliphatic carbocycles. The fourth-order valence-corrected chi connectivity index (χ4v) is 1.40. The van der Waals surface area contributed by atoms with Gasteiger partial charge in [0.05, 0.1) is 6.61 Å². The fourth-order valence-electron chi connectivity index (χ4n) is 1.40. The molecule has 0 fully saturated rings. The van der Waals surface area contributed by atoms with Gasteiger partial charge in [-0.2, -0.15) is 0 Å². The number of carbonyl (C=O) groups excluding carboxylic acids is 1. The summed E-state index contributed by atoms with van der Waals surface area (Å²) in [5.74, 6) is -0.661. The van der Waals surface area contributed by atoms with Gasteiger partial charge in [0, 0.05) is 6.04 Å². The molecule has 1 rings (SSSR count). The minimum Gasteiger partial charge on any atom is -0.464 e. The first-order chi connectivity index (χ1) is 7.65. The van der Waals surface area contributed by atoms with E-state index in [9.17, 15) is 9.90 Å². The van der Waals surface area contributed by atoms with Crippen LogP contribution in [0.15, 0.2) is 30.3 Å². The maximum atomic E-state index is 11.2. The van der Waals surface area contributed by atoms with Crippen LogP contribution < -0.4 is 5.73 Å². The third-order valence-electron chi connectivity index (χ3n) is 2.25. The maximum absolute atomic E-state index is 11.2. The Balaban J connectivity index is 2.52. The summed E-state index contributed by atoms with van der Waals surface area (Å²) in [5, 5.41) is 9.58. The van der Waals surface area contributed by atoms with Gasteiger partial charge in [-0.25, -0.2) is 4.79 Å². The van der Waals surface area contributed by atoms with E-state index in [1.165, 1.54) is 0 Å². The number of esters is 1. The highest BCUT2D eigenvalue weighted by Crippen LogP contribution is 2.05. The summed E-state index contributed by atoms with van der Waals surface area (Å²) < 4.78 is 4.69. The summed E-state index contributed by atoms with van der Waals surface area (Å²) in [4.78, 5) is 11.2. The minimum atomic E-state index is -1.26. The van der Waals surface area contributed by atoms with Crippen LogP contribution in [0.3, 0.4) is 0 Å². The molecule has 4 heteroatoms. The van der Waals surface area contributed by atoms with Crippen LogP contribution in [0.1, 0.15) is 12.5 Å². The van der Waals surface area contributed by atoms with Gasteiger partial charge in [-0.3, -0.25) is 0 Å². The highest BCUT2D eigenvalue weighted by atomic mass is 16.5. The molecule has 0 saturated heterocycles. The van der Waals surface area contributed by atoms with Gasteiger partial charge in [0.1, 0.15) is 0 Å². The van der Waals surface area contributed by atoms with Gasteiger partial charge in [0.25, 0.3) is 0 Å². The van der Waals surface area contributed by atoms with E-state index in [1.807, 2.05) is 30.3 Å². The number of rotatable bonds is 5. The monoisotopic (exact) mass is 223 g/mol. The van der Waals surface area contributed by atoms with E-state index < -0.39 is 18.1 Å². The van der Waals surface area contributed by atoms with Crippen LogP contribution in [0, 0.1) is 0 Å². The van der Waals surface area contributed by atoms with Crippen molar-refractivity contribution < 1.29 is 14.6 Å². The minimum absolute atomic E-state index is 0.244. The van der Waals surface area contributed by atoms with Crippen LogP contribution >= 0.6 is 0 Å². The number of hydrogen-bond acceptors (Lipinski definition) is 4. The van der Waals surface area contributed by atoms with Gasteiger partial charge < -0.3 is 15.6 Å². The van der Waals surface area contributed by atoms with Crippen molar-refractivity contribution in [2.24, 2.45) is 5.73 Å². The van der Waals surface area contributed by atoms with E-state index in [1.54, 1.807) is 6.92 Å². The summed E-state index contributed by atoms with van der Waals surface area (Å²) in [7, 11) is 0. The number of aliphatic hydroxyl groups excluding tert-OH is 1. The molecule has 0 aromatic heterocycles. The molecule has 0 amide bonds. The summed E-state index contributed by atoms with van der Waals surface area (Å²) in [5.41, 5.74) is 6.71. The smallest absolute Gasteiger partial charge is 0.336 e. The largest absolute Gasteiger partial charge is 0.464 e. The number of aliphatic hydroxyl groups is 1. The molecule has 1 aromatic carbocycles. The van der Waals surface area contributed by atoms with Crippen molar-refractivity contribution in [3.05, 3.63) is 35.9 Å². The standard InChI is InChI=1S/C12H17NO3/c1-2-16-12(15)11(14)10(13)8-9-6-4-3-5-7-9/h3-7,10-11,14H,2,8,13H2,1H3/t10-,11-/m0/s1. The second-order valence-electron chi connectivity index (χ2n) is 3.55. The van der Waals surface area contributed by atoms with Gasteiger partial charge in [-0.15, -0.1) is 0 Å². The van der Waals surface area contributed by atoms with Gasteiger partial charge in [-0.1, -0.05) is 30.3 Å². The molecular weight excluding hydrogens is 206 g/mol. The van der Waals surface area contributed by atoms with Gasteiger partial charge in [0.15, 0.2) is 6.10 Å². The Labute approximate surface area is 95.0 Å². The molecule has 0 radical (unpaired) electrons. The van der Waals surface area contributed by atoms with Crippen LogP contribution in [-0.4, -0.2) is 29.8 Å². The van der Waals surface area contributed by atoms with Gasteiger partial charge in [0.2, 0.25) is 0 Å². The summed E-state index contributed by atoms with van der Waals surface area (Å²) in [6.45, 7) is 1.93. The number of benzene rings is 1. The zero-order valence-electron chi connectivity index (χ0n) is 9.30. The Hall–Kier alpha value is -1.39. The average molecular weight is 223 g/mol. The van der Waals surface area contributed by atoms with Crippen LogP contribution in [-0.2, 0) is 16.0 Å². The summed E-state index contributed by atoms with van der Waals surface area (Å²) in [6.07, 6.45) is -0.818. The topological polar surface area (TPSA) is 72.5 Å². The van der Waals surface area contributed by atoms with Crippen molar-refractivity contribution in [1.29, 1.82) is 0 Å². The first kappa shape index (κ1) is 12.7. The summed E-state index contributed by atoms with van der Waals surface area (Å²) >= 11 is 0.